The summed E-state index contributed by atoms with van der Waals surface area (Å²) in [4.78, 5) is 0.195. The fourth-order valence-electron chi connectivity index (χ4n) is 4.27. The van der Waals surface area contributed by atoms with Gasteiger partial charge in [0.2, 0.25) is 10.0 Å². The van der Waals surface area contributed by atoms with E-state index < -0.39 is 30.9 Å². The molecule has 5 nitrogen and oxygen atoms in total. The predicted octanol–water partition coefficient (Wildman–Crippen LogP) is 4.95. The largest absolute Gasteiger partial charge is 0.224 e. The molecular formula is C25H26FNO4S2. The number of hydrogen-bond acceptors (Lipinski definition) is 4. The summed E-state index contributed by atoms with van der Waals surface area (Å²) in [6, 6.07) is 19.9. The highest BCUT2D eigenvalue weighted by Gasteiger charge is 2.40. The quantitative estimate of drug-likeness (QED) is 0.510. The van der Waals surface area contributed by atoms with Crippen LogP contribution in [0.25, 0.3) is 11.1 Å². The van der Waals surface area contributed by atoms with Crippen molar-refractivity contribution in [3.63, 3.8) is 0 Å². The third kappa shape index (κ3) is 4.88. The number of rotatable bonds is 5. The Morgan fingerprint density at radius 3 is 2.18 bits per heavy atom. The Morgan fingerprint density at radius 1 is 0.939 bits per heavy atom. The molecule has 2 atom stereocenters. The monoisotopic (exact) mass is 487 g/mol. The molecule has 0 saturated carbocycles. The van der Waals surface area contributed by atoms with E-state index in [0.717, 1.165) is 11.8 Å². The lowest BCUT2D eigenvalue weighted by atomic mass is 10.0. The van der Waals surface area contributed by atoms with Crippen LogP contribution in [0.3, 0.4) is 0 Å². The first-order valence-corrected chi connectivity index (χ1v) is 14.1. The molecule has 0 spiro atoms. The maximum absolute atomic E-state index is 15.0. The molecule has 0 radical (unpaired) electrons. The highest BCUT2D eigenvalue weighted by atomic mass is 32.2. The van der Waals surface area contributed by atoms with E-state index in [1.807, 2.05) is 37.3 Å². The van der Waals surface area contributed by atoms with Crippen LogP contribution in [0.4, 0.5) is 4.39 Å². The standard InChI is InChI=1S/C25H26FNO4S2/c1-18-8-15-25(20-6-4-3-5-7-20)33(30,31)27(18)17-22-10-9-21(16-24(22)26)19-11-13-23(14-12-19)32(2,28)29/h3-7,9-14,16,18,25H,8,15,17H2,1-2H3. The number of sulfonamides is 1. The molecule has 0 amide bonds. The zero-order chi connectivity index (χ0) is 23.8. The van der Waals surface area contributed by atoms with Gasteiger partial charge in [-0.2, -0.15) is 4.31 Å². The zero-order valence-electron chi connectivity index (χ0n) is 18.5. The summed E-state index contributed by atoms with van der Waals surface area (Å²) < 4.78 is 66.5. The Kier molecular flexibility index (Phi) is 6.44. The van der Waals surface area contributed by atoms with E-state index in [1.54, 1.807) is 24.3 Å². The lowest BCUT2D eigenvalue weighted by Crippen LogP contribution is -2.44. The average Bonchev–Trinajstić information content (AvgIpc) is 2.77. The van der Waals surface area contributed by atoms with Gasteiger partial charge in [0.25, 0.3) is 0 Å². The Labute approximate surface area is 194 Å². The van der Waals surface area contributed by atoms with Crippen LogP contribution >= 0.6 is 0 Å². The SMILES string of the molecule is CC1CCC(c2ccccc2)S(=O)(=O)N1Cc1ccc(-c2ccc(S(C)(=O)=O)cc2)cc1F. The molecule has 3 aromatic rings. The van der Waals surface area contributed by atoms with Crippen molar-refractivity contribution in [3.05, 3.63) is 89.7 Å². The summed E-state index contributed by atoms with van der Waals surface area (Å²) in [6.45, 7) is 1.82. The molecule has 33 heavy (non-hydrogen) atoms. The molecule has 0 aliphatic carbocycles. The number of halogens is 1. The maximum atomic E-state index is 15.0. The third-order valence-corrected chi connectivity index (χ3v) is 9.69. The van der Waals surface area contributed by atoms with Crippen molar-refractivity contribution < 1.29 is 21.2 Å². The number of nitrogens with zero attached hydrogens (tertiary/aromatic N) is 1. The van der Waals surface area contributed by atoms with Gasteiger partial charge in [-0.3, -0.25) is 0 Å². The van der Waals surface area contributed by atoms with Gasteiger partial charge in [-0.05, 0) is 54.7 Å². The summed E-state index contributed by atoms with van der Waals surface area (Å²) in [5, 5.41) is -0.634. The van der Waals surface area contributed by atoms with Crippen LogP contribution in [0, 0.1) is 5.82 Å². The molecule has 1 aliphatic heterocycles. The van der Waals surface area contributed by atoms with Gasteiger partial charge < -0.3 is 0 Å². The minimum atomic E-state index is -3.65. The number of hydrogen-bond donors (Lipinski definition) is 0. The minimum absolute atomic E-state index is 0.0358. The molecule has 0 N–H and O–H groups in total. The first-order valence-electron chi connectivity index (χ1n) is 10.7. The fourth-order valence-corrected chi connectivity index (χ4v) is 7.09. The van der Waals surface area contributed by atoms with Crippen LogP contribution in [0.5, 0.6) is 0 Å². The van der Waals surface area contributed by atoms with E-state index in [0.29, 0.717) is 29.5 Å². The van der Waals surface area contributed by atoms with Crippen LogP contribution in [-0.4, -0.2) is 33.4 Å². The van der Waals surface area contributed by atoms with Gasteiger partial charge in [0.1, 0.15) is 11.1 Å². The van der Waals surface area contributed by atoms with Gasteiger partial charge in [0, 0.05) is 24.4 Å². The molecule has 1 saturated heterocycles. The molecule has 2 unspecified atom stereocenters. The van der Waals surface area contributed by atoms with E-state index in [-0.39, 0.29) is 17.5 Å². The van der Waals surface area contributed by atoms with Gasteiger partial charge in [-0.15, -0.1) is 0 Å². The van der Waals surface area contributed by atoms with Crippen LogP contribution in [0.15, 0.2) is 77.7 Å². The summed E-state index contributed by atoms with van der Waals surface area (Å²) in [7, 11) is -6.96. The van der Waals surface area contributed by atoms with Crippen molar-refractivity contribution in [2.45, 2.75) is 42.5 Å². The van der Waals surface area contributed by atoms with Gasteiger partial charge in [-0.1, -0.05) is 54.6 Å². The van der Waals surface area contributed by atoms with Gasteiger partial charge >= 0.3 is 0 Å². The Bertz CT molecular complexity index is 1360. The summed E-state index contributed by atoms with van der Waals surface area (Å²) in [5.74, 6) is -0.496. The van der Waals surface area contributed by atoms with Crippen LogP contribution in [-0.2, 0) is 26.4 Å². The van der Waals surface area contributed by atoms with Crippen molar-refractivity contribution in [2.75, 3.05) is 6.26 Å². The van der Waals surface area contributed by atoms with Crippen molar-refractivity contribution in [3.8, 4) is 11.1 Å². The molecule has 1 heterocycles. The minimum Gasteiger partial charge on any atom is -0.224 e. The van der Waals surface area contributed by atoms with E-state index >= 15 is 4.39 Å². The highest BCUT2D eigenvalue weighted by molar-refractivity contribution is 7.90. The third-order valence-electron chi connectivity index (χ3n) is 6.19. The first kappa shape index (κ1) is 23.6. The van der Waals surface area contributed by atoms with E-state index in [4.69, 9.17) is 0 Å². The average molecular weight is 488 g/mol. The second-order valence-corrected chi connectivity index (χ2v) is 12.6. The van der Waals surface area contributed by atoms with Crippen molar-refractivity contribution >= 4 is 19.9 Å². The fraction of sp³-hybridized carbons (Fsp3) is 0.280. The lowest BCUT2D eigenvalue weighted by molar-refractivity contribution is 0.279. The number of sulfone groups is 1. The zero-order valence-corrected chi connectivity index (χ0v) is 20.1. The molecule has 0 bridgehead atoms. The molecular weight excluding hydrogens is 461 g/mol. The van der Waals surface area contributed by atoms with Crippen molar-refractivity contribution in [1.82, 2.24) is 4.31 Å². The van der Waals surface area contributed by atoms with Gasteiger partial charge in [0.15, 0.2) is 9.84 Å². The van der Waals surface area contributed by atoms with Crippen LogP contribution < -0.4 is 0 Å². The summed E-state index contributed by atoms with van der Waals surface area (Å²) in [5.41, 5.74) is 2.32. The number of benzene rings is 3. The summed E-state index contributed by atoms with van der Waals surface area (Å²) in [6.07, 6.45) is 2.37. The molecule has 174 valence electrons. The second-order valence-electron chi connectivity index (χ2n) is 8.52. The second kappa shape index (κ2) is 9.00. The predicted molar refractivity (Wildman–Crippen MR) is 127 cm³/mol. The van der Waals surface area contributed by atoms with Crippen LogP contribution in [0.2, 0.25) is 0 Å². The smallest absolute Gasteiger partial charge is 0.221 e. The normalized spacial score (nSPS) is 21.1. The van der Waals surface area contributed by atoms with Crippen LogP contribution in [0.1, 0.15) is 36.1 Å². The van der Waals surface area contributed by atoms with E-state index in [1.165, 1.54) is 22.5 Å². The molecule has 1 fully saturated rings. The molecule has 8 heteroatoms. The Morgan fingerprint density at radius 2 is 1.58 bits per heavy atom. The lowest BCUT2D eigenvalue weighted by Gasteiger charge is -2.37. The molecule has 3 aromatic carbocycles. The Hall–Kier alpha value is -2.55. The van der Waals surface area contributed by atoms with E-state index in [2.05, 4.69) is 0 Å². The molecule has 1 aliphatic rings. The van der Waals surface area contributed by atoms with Gasteiger partial charge in [-0.25, -0.2) is 21.2 Å². The maximum Gasteiger partial charge on any atom is 0.221 e. The first-order chi connectivity index (χ1) is 15.6. The molecule has 4 rings (SSSR count). The van der Waals surface area contributed by atoms with Crippen molar-refractivity contribution in [1.29, 1.82) is 0 Å². The topological polar surface area (TPSA) is 71.5 Å². The van der Waals surface area contributed by atoms with E-state index in [9.17, 15) is 16.8 Å². The van der Waals surface area contributed by atoms with Crippen molar-refractivity contribution in [2.24, 2.45) is 0 Å². The van der Waals surface area contributed by atoms with Gasteiger partial charge in [0.05, 0.1) is 4.90 Å². The highest BCUT2D eigenvalue weighted by Crippen LogP contribution is 2.38. The Balaban J connectivity index is 1.60. The molecule has 0 aromatic heterocycles. The summed E-state index contributed by atoms with van der Waals surface area (Å²) >= 11 is 0.